The topological polar surface area (TPSA) is 59.9 Å². The molecule has 5 heteroatoms. The van der Waals surface area contributed by atoms with Crippen molar-refractivity contribution in [3.05, 3.63) is 65.2 Å². The van der Waals surface area contributed by atoms with E-state index in [9.17, 15) is 4.79 Å². The second kappa shape index (κ2) is 8.04. The van der Waals surface area contributed by atoms with Crippen molar-refractivity contribution in [3.8, 4) is 5.75 Å². The van der Waals surface area contributed by atoms with Crippen LogP contribution >= 0.6 is 0 Å². The largest absolute Gasteiger partial charge is 0.496 e. The Morgan fingerprint density at radius 3 is 2.69 bits per heavy atom. The molecule has 2 aromatic carbocycles. The number of hydrogen-bond acceptors (Lipinski definition) is 4. The first-order valence-corrected chi connectivity index (χ1v) is 8.85. The fraction of sp³-hybridized carbons (Fsp3) is 0.333. The Kier molecular flexibility index (Phi) is 5.56. The summed E-state index contributed by atoms with van der Waals surface area (Å²) in [5, 5.41) is 7.19. The molecule has 26 heavy (non-hydrogen) atoms. The fourth-order valence-corrected chi connectivity index (χ4v) is 3.04. The van der Waals surface area contributed by atoms with Gasteiger partial charge in [0.25, 0.3) is 5.91 Å². The third-order valence-electron chi connectivity index (χ3n) is 4.58. The molecule has 1 N–H and O–H groups in total. The van der Waals surface area contributed by atoms with Crippen LogP contribution in [0.15, 0.2) is 53.7 Å². The number of nitrogens with one attached hydrogen (secondary N) is 1. The molecular weight excluding hydrogens is 328 g/mol. The van der Waals surface area contributed by atoms with Crippen LogP contribution in [0.25, 0.3) is 0 Å². The summed E-state index contributed by atoms with van der Waals surface area (Å²) < 4.78 is 5.37. The molecule has 0 saturated heterocycles. The molecule has 0 bridgehead atoms. The number of para-hydroxylation sites is 1. The van der Waals surface area contributed by atoms with E-state index in [4.69, 9.17) is 9.57 Å². The van der Waals surface area contributed by atoms with E-state index in [-0.39, 0.29) is 11.9 Å². The number of oxime groups is 1. The Bertz CT molecular complexity index is 799. The number of nitrogens with zero attached hydrogens (tertiary/aromatic N) is 1. The summed E-state index contributed by atoms with van der Waals surface area (Å²) >= 11 is 0. The van der Waals surface area contributed by atoms with Crippen LogP contribution in [0.3, 0.4) is 0 Å². The van der Waals surface area contributed by atoms with Crippen molar-refractivity contribution in [1.29, 1.82) is 0 Å². The number of carbonyl (C=O) groups is 1. The van der Waals surface area contributed by atoms with Gasteiger partial charge < -0.3 is 14.9 Å². The molecular formula is C21H24N2O3. The van der Waals surface area contributed by atoms with Crippen LogP contribution in [0.4, 0.5) is 0 Å². The maximum absolute atomic E-state index is 12.6. The van der Waals surface area contributed by atoms with E-state index in [2.05, 4.69) is 41.7 Å². The first-order chi connectivity index (χ1) is 12.6. The zero-order valence-corrected chi connectivity index (χ0v) is 15.4. The molecule has 0 aromatic heterocycles. The average molecular weight is 352 g/mol. The molecule has 0 spiro atoms. The van der Waals surface area contributed by atoms with Crippen molar-refractivity contribution >= 4 is 11.6 Å². The molecule has 5 nitrogen and oxygen atoms in total. The van der Waals surface area contributed by atoms with E-state index in [0.717, 1.165) is 29.0 Å². The van der Waals surface area contributed by atoms with Crippen LogP contribution in [0.2, 0.25) is 0 Å². The number of rotatable bonds is 6. The fourth-order valence-electron chi connectivity index (χ4n) is 3.04. The van der Waals surface area contributed by atoms with Crippen molar-refractivity contribution in [2.24, 2.45) is 5.16 Å². The second-order valence-electron chi connectivity index (χ2n) is 6.42. The molecule has 2 atom stereocenters. The molecule has 0 saturated carbocycles. The summed E-state index contributed by atoms with van der Waals surface area (Å²) in [7, 11) is 1.62. The summed E-state index contributed by atoms with van der Waals surface area (Å²) in [6.45, 7) is 4.10. The van der Waals surface area contributed by atoms with E-state index in [1.807, 2.05) is 31.2 Å². The zero-order chi connectivity index (χ0) is 18.5. The van der Waals surface area contributed by atoms with E-state index < -0.39 is 6.10 Å². The Hall–Kier alpha value is -2.82. The van der Waals surface area contributed by atoms with E-state index in [1.54, 1.807) is 7.11 Å². The van der Waals surface area contributed by atoms with Crippen LogP contribution in [0.5, 0.6) is 5.75 Å². The van der Waals surface area contributed by atoms with Crippen LogP contribution in [0, 0.1) is 6.92 Å². The van der Waals surface area contributed by atoms with Crippen LogP contribution in [0.1, 0.15) is 42.5 Å². The molecule has 136 valence electrons. The van der Waals surface area contributed by atoms with Gasteiger partial charge in [0.1, 0.15) is 5.75 Å². The van der Waals surface area contributed by atoms with Gasteiger partial charge in [0.15, 0.2) is 0 Å². The summed E-state index contributed by atoms with van der Waals surface area (Å²) in [6, 6.07) is 15.8. The first-order valence-electron chi connectivity index (χ1n) is 8.85. The van der Waals surface area contributed by atoms with Crippen LogP contribution in [-0.4, -0.2) is 24.8 Å². The highest BCUT2D eigenvalue weighted by atomic mass is 16.6. The first kappa shape index (κ1) is 18.0. The Morgan fingerprint density at radius 1 is 1.27 bits per heavy atom. The molecule has 1 aliphatic heterocycles. The quantitative estimate of drug-likeness (QED) is 0.861. The zero-order valence-electron chi connectivity index (χ0n) is 15.4. The highest BCUT2D eigenvalue weighted by Crippen LogP contribution is 2.25. The van der Waals surface area contributed by atoms with Gasteiger partial charge in [-0.05, 0) is 31.0 Å². The molecule has 1 aliphatic rings. The van der Waals surface area contributed by atoms with Gasteiger partial charge in [-0.1, -0.05) is 54.0 Å². The van der Waals surface area contributed by atoms with Gasteiger partial charge in [0, 0.05) is 12.0 Å². The maximum Gasteiger partial charge on any atom is 0.264 e. The van der Waals surface area contributed by atoms with Gasteiger partial charge in [-0.2, -0.15) is 0 Å². The van der Waals surface area contributed by atoms with Gasteiger partial charge in [0.2, 0.25) is 6.10 Å². The lowest BCUT2D eigenvalue weighted by molar-refractivity contribution is -0.132. The summed E-state index contributed by atoms with van der Waals surface area (Å²) in [5.41, 5.74) is 3.88. The smallest absolute Gasteiger partial charge is 0.264 e. The molecule has 1 heterocycles. The third-order valence-corrected chi connectivity index (χ3v) is 4.58. The highest BCUT2D eigenvalue weighted by molar-refractivity contribution is 6.05. The minimum absolute atomic E-state index is 0.0398. The van der Waals surface area contributed by atoms with Gasteiger partial charge in [-0.25, -0.2) is 0 Å². The van der Waals surface area contributed by atoms with Crippen molar-refractivity contribution < 1.29 is 14.4 Å². The predicted molar refractivity (Wildman–Crippen MR) is 101 cm³/mol. The van der Waals surface area contributed by atoms with Gasteiger partial charge in [0.05, 0.1) is 18.9 Å². The lowest BCUT2D eigenvalue weighted by atomic mass is 10.0. The molecule has 2 aromatic rings. The molecule has 2 unspecified atom stereocenters. The van der Waals surface area contributed by atoms with Gasteiger partial charge >= 0.3 is 0 Å². The van der Waals surface area contributed by atoms with Gasteiger partial charge in [-0.15, -0.1) is 0 Å². The summed E-state index contributed by atoms with van der Waals surface area (Å²) in [5.74, 6) is 0.577. The Morgan fingerprint density at radius 2 is 2.00 bits per heavy atom. The molecule has 1 amide bonds. The molecule has 0 fully saturated rings. The van der Waals surface area contributed by atoms with E-state index >= 15 is 0 Å². The molecule has 0 aliphatic carbocycles. The minimum atomic E-state index is -0.616. The number of aryl methyl sites for hydroxylation is 1. The average Bonchev–Trinajstić information content (AvgIpc) is 3.17. The minimum Gasteiger partial charge on any atom is -0.496 e. The van der Waals surface area contributed by atoms with Crippen molar-refractivity contribution in [1.82, 2.24) is 5.32 Å². The highest BCUT2D eigenvalue weighted by Gasteiger charge is 2.31. The van der Waals surface area contributed by atoms with Crippen molar-refractivity contribution in [3.63, 3.8) is 0 Å². The number of methoxy groups -OCH3 is 1. The number of amides is 1. The lowest BCUT2D eigenvalue weighted by Gasteiger charge is -2.19. The van der Waals surface area contributed by atoms with E-state index in [0.29, 0.717) is 6.42 Å². The van der Waals surface area contributed by atoms with Crippen LogP contribution in [-0.2, 0) is 9.63 Å². The van der Waals surface area contributed by atoms with Gasteiger partial charge in [-0.3, -0.25) is 4.79 Å². The lowest BCUT2D eigenvalue weighted by Crippen LogP contribution is -2.37. The van der Waals surface area contributed by atoms with Crippen molar-refractivity contribution in [2.45, 2.75) is 38.8 Å². The van der Waals surface area contributed by atoms with E-state index in [1.165, 1.54) is 5.56 Å². The standard InChI is InChI=1S/C21H24N2O3/c1-4-17(15-11-9-14(2)10-12-15)22-21(24)20-13-18(23-26-20)16-7-5-6-8-19(16)25-3/h5-12,17,20H,4,13H2,1-3H3,(H,22,24). The van der Waals surface area contributed by atoms with Crippen LogP contribution < -0.4 is 10.1 Å². The second-order valence-corrected chi connectivity index (χ2v) is 6.42. The molecule has 0 radical (unpaired) electrons. The maximum atomic E-state index is 12.6. The predicted octanol–water partition coefficient (Wildman–Crippen LogP) is 3.76. The number of carbonyl (C=O) groups excluding carboxylic acids is 1. The summed E-state index contributed by atoms with van der Waals surface area (Å²) in [6.07, 6.45) is 0.618. The summed E-state index contributed by atoms with van der Waals surface area (Å²) in [4.78, 5) is 18.0. The number of benzene rings is 2. The molecule has 3 rings (SSSR count). The Balaban J connectivity index is 1.65. The Labute approximate surface area is 154 Å². The number of ether oxygens (including phenoxy) is 1. The van der Waals surface area contributed by atoms with Crippen molar-refractivity contribution in [2.75, 3.05) is 7.11 Å². The number of hydrogen-bond donors (Lipinski definition) is 1. The normalized spacial score (nSPS) is 17.2. The monoisotopic (exact) mass is 352 g/mol. The SMILES string of the molecule is CCC(NC(=O)C1CC(c2ccccc2OC)=NO1)c1ccc(C)cc1. The third kappa shape index (κ3) is 3.87.